The summed E-state index contributed by atoms with van der Waals surface area (Å²) in [5, 5.41) is 13.0. The first kappa shape index (κ1) is 23.0. The molecular weight excluding hydrogens is 474 g/mol. The van der Waals surface area contributed by atoms with Gasteiger partial charge in [0.15, 0.2) is 16.7 Å². The number of nitrogens with one attached hydrogen (secondary N) is 1. The molecule has 5 aromatic rings. The molecule has 0 saturated carbocycles. The number of aromatic amines is 1. The Kier molecular flexibility index (Phi) is 5.53. The predicted molar refractivity (Wildman–Crippen MR) is 137 cm³/mol. The van der Waals surface area contributed by atoms with Gasteiger partial charge in [0.1, 0.15) is 17.0 Å². The maximum absolute atomic E-state index is 14.0. The van der Waals surface area contributed by atoms with Gasteiger partial charge >= 0.3 is 0 Å². The van der Waals surface area contributed by atoms with E-state index in [1.54, 1.807) is 23.1 Å². The van der Waals surface area contributed by atoms with Crippen molar-refractivity contribution in [1.82, 2.24) is 24.5 Å². The number of carbonyl (C=O) groups is 1. The van der Waals surface area contributed by atoms with Gasteiger partial charge in [-0.2, -0.15) is 0 Å². The normalized spacial score (nSPS) is 15.6. The van der Waals surface area contributed by atoms with Crippen LogP contribution in [-0.4, -0.2) is 61.8 Å². The number of aryl methyl sites for hydroxylation is 1. The molecule has 1 atom stereocenters. The molecule has 0 unspecified atom stereocenters. The van der Waals surface area contributed by atoms with E-state index >= 15 is 0 Å². The number of aliphatic hydroxyl groups excluding tert-OH is 1. The van der Waals surface area contributed by atoms with Crippen LogP contribution in [0.2, 0.25) is 0 Å². The quantitative estimate of drug-likeness (QED) is 0.380. The lowest BCUT2D eigenvalue weighted by Gasteiger charge is -2.23. The highest BCUT2D eigenvalue weighted by molar-refractivity contribution is 6.00. The molecule has 1 aliphatic heterocycles. The van der Waals surface area contributed by atoms with Crippen LogP contribution in [0.25, 0.3) is 39.3 Å². The molecule has 188 valence electrons. The first-order valence-electron chi connectivity index (χ1n) is 12.1. The van der Waals surface area contributed by atoms with Gasteiger partial charge in [0.2, 0.25) is 5.89 Å². The third kappa shape index (κ3) is 3.60. The minimum Gasteiger partial charge on any atom is -0.494 e. The number of para-hydroxylation sites is 1. The largest absolute Gasteiger partial charge is 0.494 e. The number of hydrogen-bond donors (Lipinski definition) is 2. The van der Waals surface area contributed by atoms with Gasteiger partial charge in [-0.05, 0) is 37.5 Å². The topological polar surface area (TPSA) is 126 Å². The summed E-state index contributed by atoms with van der Waals surface area (Å²) in [5.74, 6) is 0.0118. The number of amides is 1. The number of carbonyl (C=O) groups excluding carboxylic acids is 1. The molecule has 1 amide bonds. The highest BCUT2D eigenvalue weighted by Crippen LogP contribution is 2.33. The average Bonchev–Trinajstić information content (AvgIpc) is 3.64. The summed E-state index contributed by atoms with van der Waals surface area (Å²) in [6.45, 7) is 2.15. The van der Waals surface area contributed by atoms with E-state index in [4.69, 9.17) is 14.1 Å². The van der Waals surface area contributed by atoms with Gasteiger partial charge in [0, 0.05) is 17.8 Å². The van der Waals surface area contributed by atoms with Crippen molar-refractivity contribution in [2.75, 3.05) is 20.3 Å². The number of methoxy groups -OCH3 is 1. The van der Waals surface area contributed by atoms with Gasteiger partial charge in [-0.3, -0.25) is 14.7 Å². The number of likely N-dealkylation sites (tertiary alicyclic amines) is 1. The maximum atomic E-state index is 14.0. The molecule has 4 heterocycles. The summed E-state index contributed by atoms with van der Waals surface area (Å²) in [6.07, 6.45) is 1.43. The zero-order valence-electron chi connectivity index (χ0n) is 20.4. The van der Waals surface area contributed by atoms with E-state index < -0.39 is 11.5 Å². The van der Waals surface area contributed by atoms with Crippen LogP contribution in [0.4, 0.5) is 0 Å². The van der Waals surface area contributed by atoms with Crippen LogP contribution in [0.5, 0.6) is 5.75 Å². The smallest absolute Gasteiger partial charge is 0.286 e. The van der Waals surface area contributed by atoms with Gasteiger partial charge in [0.25, 0.3) is 11.5 Å². The van der Waals surface area contributed by atoms with Crippen LogP contribution in [0.15, 0.2) is 57.7 Å². The molecule has 0 radical (unpaired) electrons. The molecule has 2 aromatic carbocycles. The van der Waals surface area contributed by atoms with Crippen molar-refractivity contribution in [1.29, 1.82) is 0 Å². The van der Waals surface area contributed by atoms with Crippen LogP contribution < -0.4 is 10.3 Å². The lowest BCUT2D eigenvalue weighted by Crippen LogP contribution is -2.39. The van der Waals surface area contributed by atoms with E-state index in [1.807, 2.05) is 37.3 Å². The van der Waals surface area contributed by atoms with Crippen molar-refractivity contribution in [3.05, 3.63) is 70.3 Å². The van der Waals surface area contributed by atoms with E-state index in [0.29, 0.717) is 35.5 Å². The second-order valence-corrected chi connectivity index (χ2v) is 9.08. The number of hydrogen-bond acceptors (Lipinski definition) is 7. The Morgan fingerprint density at radius 1 is 1.16 bits per heavy atom. The number of aromatic nitrogens is 4. The van der Waals surface area contributed by atoms with Crippen LogP contribution in [0.3, 0.4) is 0 Å². The lowest BCUT2D eigenvalue weighted by atomic mass is 10.1. The van der Waals surface area contributed by atoms with Crippen LogP contribution in [-0.2, 0) is 0 Å². The summed E-state index contributed by atoms with van der Waals surface area (Å²) in [5.41, 5.74) is 2.86. The monoisotopic (exact) mass is 499 g/mol. The van der Waals surface area contributed by atoms with Crippen molar-refractivity contribution < 1.29 is 19.1 Å². The first-order chi connectivity index (χ1) is 18.0. The number of nitrogens with zero attached hydrogens (tertiary/aromatic N) is 4. The second-order valence-electron chi connectivity index (χ2n) is 9.08. The molecule has 6 rings (SSSR count). The number of rotatable bonds is 5. The Bertz CT molecular complexity index is 1700. The van der Waals surface area contributed by atoms with Crippen LogP contribution in [0.1, 0.15) is 29.0 Å². The number of benzene rings is 2. The summed E-state index contributed by atoms with van der Waals surface area (Å²) >= 11 is 0. The average molecular weight is 500 g/mol. The molecule has 0 aliphatic carbocycles. The molecule has 3 aromatic heterocycles. The molecule has 1 saturated heterocycles. The SMILES string of the molecule is COc1cccc2oc(-c3c(C(=O)N4CCC[C@@H]4CO)nc4c(-c5ccccc5)c(C)[nH]n4c3=O)nc12. The zero-order chi connectivity index (χ0) is 25.7. The fourth-order valence-corrected chi connectivity index (χ4v) is 5.11. The minimum absolute atomic E-state index is 0.0250. The van der Waals surface area contributed by atoms with Crippen LogP contribution in [0, 0.1) is 6.92 Å². The first-order valence-corrected chi connectivity index (χ1v) is 12.1. The molecule has 1 fully saturated rings. The zero-order valence-corrected chi connectivity index (χ0v) is 20.4. The highest BCUT2D eigenvalue weighted by atomic mass is 16.5. The number of ether oxygens (including phenoxy) is 1. The van der Waals surface area contributed by atoms with Crippen molar-refractivity contribution in [3.63, 3.8) is 0 Å². The Balaban J connectivity index is 1.65. The predicted octanol–water partition coefficient (Wildman–Crippen LogP) is 3.41. The summed E-state index contributed by atoms with van der Waals surface area (Å²) in [6, 6.07) is 14.4. The Hall–Kier alpha value is -4.44. The molecule has 0 spiro atoms. The van der Waals surface area contributed by atoms with Crippen molar-refractivity contribution in [2.24, 2.45) is 0 Å². The van der Waals surface area contributed by atoms with Gasteiger partial charge < -0.3 is 19.2 Å². The van der Waals surface area contributed by atoms with Gasteiger partial charge in [-0.25, -0.2) is 14.5 Å². The number of fused-ring (bicyclic) bond motifs is 2. The third-order valence-electron chi connectivity index (χ3n) is 6.89. The summed E-state index contributed by atoms with van der Waals surface area (Å²) < 4.78 is 12.7. The number of H-pyrrole nitrogens is 1. The summed E-state index contributed by atoms with van der Waals surface area (Å²) in [4.78, 5) is 38.8. The Labute approximate surface area is 211 Å². The molecule has 1 aliphatic rings. The van der Waals surface area contributed by atoms with E-state index in [1.165, 1.54) is 11.6 Å². The van der Waals surface area contributed by atoms with E-state index in [-0.39, 0.29) is 29.8 Å². The van der Waals surface area contributed by atoms with Crippen molar-refractivity contribution in [2.45, 2.75) is 25.8 Å². The molecule has 10 nitrogen and oxygen atoms in total. The molecule has 2 N–H and O–H groups in total. The maximum Gasteiger partial charge on any atom is 0.286 e. The van der Waals surface area contributed by atoms with Gasteiger partial charge in [-0.15, -0.1) is 0 Å². The Morgan fingerprint density at radius 3 is 2.73 bits per heavy atom. The number of oxazole rings is 1. The number of aliphatic hydroxyl groups is 1. The standard InChI is InChI=1S/C27H25N5O5/c1-15-20(16-8-4-3-5-9-16)24-28-23(27(35)31-13-7-10-17(31)14-33)21(26(34)32(24)30-15)25-29-22-18(36-2)11-6-12-19(22)37-25/h3-6,8-9,11-12,17,30,33H,7,10,13-14H2,1-2H3/t17-/m1/s1. The minimum atomic E-state index is -0.510. The van der Waals surface area contributed by atoms with E-state index in [2.05, 4.69) is 10.1 Å². The van der Waals surface area contributed by atoms with Gasteiger partial charge in [-0.1, -0.05) is 36.4 Å². The second kappa shape index (κ2) is 8.90. The Morgan fingerprint density at radius 2 is 1.97 bits per heavy atom. The van der Waals surface area contributed by atoms with E-state index in [9.17, 15) is 14.7 Å². The highest BCUT2D eigenvalue weighted by Gasteiger charge is 2.34. The van der Waals surface area contributed by atoms with Crippen molar-refractivity contribution >= 4 is 22.7 Å². The third-order valence-corrected chi connectivity index (χ3v) is 6.89. The molecule has 37 heavy (non-hydrogen) atoms. The fraction of sp³-hybridized carbons (Fsp3) is 0.259. The lowest BCUT2D eigenvalue weighted by molar-refractivity contribution is 0.0672. The molecule has 10 heteroatoms. The van der Waals surface area contributed by atoms with Crippen LogP contribution >= 0.6 is 0 Å². The summed E-state index contributed by atoms with van der Waals surface area (Å²) in [7, 11) is 1.52. The molecule has 0 bridgehead atoms. The van der Waals surface area contributed by atoms with Gasteiger partial charge in [0.05, 0.1) is 19.8 Å². The van der Waals surface area contributed by atoms with Crippen molar-refractivity contribution in [3.8, 4) is 28.3 Å². The van der Waals surface area contributed by atoms with E-state index in [0.717, 1.165) is 23.2 Å². The molecular formula is C27H25N5O5. The fourth-order valence-electron chi connectivity index (χ4n) is 5.11.